The number of nitrogens with zero attached hydrogens (tertiary/aromatic N) is 5. The highest BCUT2D eigenvalue weighted by molar-refractivity contribution is 5.60. The molecule has 0 spiro atoms. The number of hydrogen-bond donors (Lipinski definition) is 1. The molecule has 3 heterocycles. The van der Waals surface area contributed by atoms with Crippen molar-refractivity contribution in [3.05, 3.63) is 66.3 Å². The summed E-state index contributed by atoms with van der Waals surface area (Å²) in [6, 6.07) is 13.0. The van der Waals surface area contributed by atoms with Crippen molar-refractivity contribution in [2.24, 2.45) is 0 Å². The van der Waals surface area contributed by atoms with Gasteiger partial charge < -0.3 is 14.7 Å². The van der Waals surface area contributed by atoms with Crippen LogP contribution in [-0.2, 0) is 11.2 Å². The van der Waals surface area contributed by atoms with E-state index >= 15 is 0 Å². The minimum Gasteiger partial charge on any atom is -0.508 e. The minimum atomic E-state index is 0.187. The summed E-state index contributed by atoms with van der Waals surface area (Å²) < 4.78 is 5.45. The van der Waals surface area contributed by atoms with Gasteiger partial charge in [0, 0.05) is 30.5 Å². The third-order valence-electron chi connectivity index (χ3n) is 4.84. The Bertz CT molecular complexity index is 988. The highest BCUT2D eigenvalue weighted by atomic mass is 16.5. The van der Waals surface area contributed by atoms with Crippen LogP contribution in [0.4, 0.5) is 5.95 Å². The lowest BCUT2D eigenvalue weighted by Gasteiger charge is -2.27. The summed E-state index contributed by atoms with van der Waals surface area (Å²) in [5.74, 6) is 1.99. The Morgan fingerprint density at radius 1 is 1.03 bits per heavy atom. The standard InChI is InChI=1S/C23H25N5O2/c29-20-10-6-7-18(17-20)22-25-21(26-23(27-22)28-13-15-30-16-14-28)11-3-1-2-8-19-9-4-5-12-24-19/h3-7,9-12,17,29H,1-2,8,13-16H2/b11-3+. The number of morpholine rings is 1. The number of pyridine rings is 1. The normalized spacial score (nSPS) is 14.3. The van der Waals surface area contributed by atoms with Gasteiger partial charge >= 0.3 is 0 Å². The third-order valence-corrected chi connectivity index (χ3v) is 4.84. The number of aromatic hydroxyl groups is 1. The zero-order chi connectivity index (χ0) is 20.6. The fourth-order valence-electron chi connectivity index (χ4n) is 3.27. The number of rotatable bonds is 7. The van der Waals surface area contributed by atoms with E-state index in [1.54, 1.807) is 18.2 Å². The number of anilines is 1. The van der Waals surface area contributed by atoms with Crippen LogP contribution >= 0.6 is 0 Å². The zero-order valence-corrected chi connectivity index (χ0v) is 16.8. The fraction of sp³-hybridized carbons (Fsp3) is 0.304. The van der Waals surface area contributed by atoms with E-state index in [1.165, 1.54) is 0 Å². The second-order valence-electron chi connectivity index (χ2n) is 7.08. The van der Waals surface area contributed by atoms with Crippen LogP contribution in [0.3, 0.4) is 0 Å². The van der Waals surface area contributed by atoms with Gasteiger partial charge in [0.2, 0.25) is 5.95 Å². The van der Waals surface area contributed by atoms with Crippen molar-refractivity contribution in [3.63, 3.8) is 0 Å². The van der Waals surface area contributed by atoms with Crippen LogP contribution in [0.25, 0.3) is 17.5 Å². The van der Waals surface area contributed by atoms with Gasteiger partial charge in [0.05, 0.1) is 13.2 Å². The summed E-state index contributed by atoms with van der Waals surface area (Å²) >= 11 is 0. The molecule has 1 aromatic carbocycles. The first-order chi connectivity index (χ1) is 14.8. The molecule has 7 heteroatoms. The Hall–Kier alpha value is -3.32. The summed E-state index contributed by atoms with van der Waals surface area (Å²) in [5, 5.41) is 9.84. The molecule has 4 rings (SSSR count). The number of unbranched alkanes of at least 4 members (excludes halogenated alkanes) is 1. The van der Waals surface area contributed by atoms with Crippen LogP contribution in [0, 0.1) is 0 Å². The SMILES string of the molecule is Oc1cccc(-c2nc(/C=C/CCCc3ccccn3)nc(N3CCOCC3)n2)c1. The molecule has 30 heavy (non-hydrogen) atoms. The highest BCUT2D eigenvalue weighted by Crippen LogP contribution is 2.22. The minimum absolute atomic E-state index is 0.187. The molecule has 1 fully saturated rings. The smallest absolute Gasteiger partial charge is 0.229 e. The van der Waals surface area contributed by atoms with E-state index < -0.39 is 0 Å². The number of allylic oxidation sites excluding steroid dienone is 1. The van der Waals surface area contributed by atoms with E-state index in [4.69, 9.17) is 4.74 Å². The van der Waals surface area contributed by atoms with Crippen LogP contribution in [0.15, 0.2) is 54.7 Å². The molecule has 2 aromatic heterocycles. The molecule has 1 aliphatic heterocycles. The Morgan fingerprint density at radius 3 is 2.73 bits per heavy atom. The molecule has 0 saturated carbocycles. The maximum atomic E-state index is 9.84. The molecule has 1 N–H and O–H groups in total. The van der Waals surface area contributed by atoms with Crippen LogP contribution in [0.2, 0.25) is 0 Å². The van der Waals surface area contributed by atoms with Gasteiger partial charge in [-0.3, -0.25) is 4.98 Å². The van der Waals surface area contributed by atoms with E-state index in [-0.39, 0.29) is 5.75 Å². The maximum absolute atomic E-state index is 9.84. The summed E-state index contributed by atoms with van der Waals surface area (Å²) in [7, 11) is 0. The third kappa shape index (κ3) is 5.39. The molecule has 0 bridgehead atoms. The summed E-state index contributed by atoms with van der Waals surface area (Å²) in [4.78, 5) is 20.4. The Labute approximate surface area is 176 Å². The molecule has 154 valence electrons. The number of phenolic OH excluding ortho intramolecular Hbond substituents is 1. The number of aromatic nitrogens is 4. The van der Waals surface area contributed by atoms with Crippen molar-refractivity contribution in [2.45, 2.75) is 19.3 Å². The largest absolute Gasteiger partial charge is 0.508 e. The summed E-state index contributed by atoms with van der Waals surface area (Å²) in [6.07, 6.45) is 8.72. The van der Waals surface area contributed by atoms with Gasteiger partial charge in [0.1, 0.15) is 5.75 Å². The van der Waals surface area contributed by atoms with Gasteiger partial charge in [0.15, 0.2) is 11.6 Å². The van der Waals surface area contributed by atoms with Crippen molar-refractivity contribution in [1.82, 2.24) is 19.9 Å². The molecule has 1 saturated heterocycles. The van der Waals surface area contributed by atoms with Gasteiger partial charge in [-0.25, -0.2) is 4.98 Å². The molecule has 7 nitrogen and oxygen atoms in total. The average molecular weight is 403 g/mol. The average Bonchev–Trinajstić information content (AvgIpc) is 2.80. The van der Waals surface area contributed by atoms with Crippen LogP contribution in [0.1, 0.15) is 24.4 Å². The van der Waals surface area contributed by atoms with E-state index in [9.17, 15) is 5.11 Å². The molecule has 0 aliphatic carbocycles. The van der Waals surface area contributed by atoms with Crippen molar-refractivity contribution in [3.8, 4) is 17.1 Å². The van der Waals surface area contributed by atoms with E-state index in [0.29, 0.717) is 30.8 Å². The van der Waals surface area contributed by atoms with Gasteiger partial charge in [-0.05, 0) is 49.6 Å². The summed E-state index contributed by atoms with van der Waals surface area (Å²) in [6.45, 7) is 2.81. The second-order valence-corrected chi connectivity index (χ2v) is 7.08. The molecular formula is C23H25N5O2. The molecule has 0 unspecified atom stereocenters. The van der Waals surface area contributed by atoms with E-state index in [0.717, 1.165) is 43.6 Å². The lowest BCUT2D eigenvalue weighted by atomic mass is 10.1. The van der Waals surface area contributed by atoms with Crippen molar-refractivity contribution in [2.75, 3.05) is 31.2 Å². The van der Waals surface area contributed by atoms with E-state index in [1.807, 2.05) is 36.5 Å². The number of phenols is 1. The highest BCUT2D eigenvalue weighted by Gasteiger charge is 2.16. The Kier molecular flexibility index (Phi) is 6.61. The van der Waals surface area contributed by atoms with Gasteiger partial charge in [-0.2, -0.15) is 9.97 Å². The first-order valence-electron chi connectivity index (χ1n) is 10.2. The second kappa shape index (κ2) is 9.93. The first-order valence-corrected chi connectivity index (χ1v) is 10.2. The quantitative estimate of drug-likeness (QED) is 0.604. The Balaban J connectivity index is 1.51. The maximum Gasteiger partial charge on any atom is 0.229 e. The van der Waals surface area contributed by atoms with Gasteiger partial charge in [-0.15, -0.1) is 0 Å². The lowest BCUT2D eigenvalue weighted by molar-refractivity contribution is 0.122. The van der Waals surface area contributed by atoms with E-state index in [2.05, 4.69) is 30.9 Å². The van der Waals surface area contributed by atoms with Crippen LogP contribution in [0.5, 0.6) is 5.75 Å². The number of aryl methyl sites for hydroxylation is 1. The molecule has 0 amide bonds. The topological polar surface area (TPSA) is 84.3 Å². The van der Waals surface area contributed by atoms with Crippen molar-refractivity contribution >= 4 is 12.0 Å². The van der Waals surface area contributed by atoms with Crippen LogP contribution < -0.4 is 4.90 Å². The molecular weight excluding hydrogens is 378 g/mol. The number of benzene rings is 1. The zero-order valence-electron chi connectivity index (χ0n) is 16.8. The molecule has 1 aliphatic rings. The van der Waals surface area contributed by atoms with Crippen molar-refractivity contribution < 1.29 is 9.84 Å². The van der Waals surface area contributed by atoms with Gasteiger partial charge in [-0.1, -0.05) is 24.3 Å². The predicted octanol–water partition coefficient (Wildman–Crippen LogP) is 3.51. The summed E-state index contributed by atoms with van der Waals surface area (Å²) in [5.41, 5.74) is 1.86. The molecule has 0 radical (unpaired) electrons. The molecule has 0 atom stereocenters. The molecule has 3 aromatic rings. The fourth-order valence-corrected chi connectivity index (χ4v) is 3.27. The van der Waals surface area contributed by atoms with Crippen LogP contribution in [-0.4, -0.2) is 51.3 Å². The van der Waals surface area contributed by atoms with Crippen molar-refractivity contribution in [1.29, 1.82) is 0 Å². The Morgan fingerprint density at radius 2 is 1.93 bits per heavy atom. The number of ether oxygens (including phenoxy) is 1. The van der Waals surface area contributed by atoms with Gasteiger partial charge in [0.25, 0.3) is 0 Å². The lowest BCUT2D eigenvalue weighted by Crippen LogP contribution is -2.37. The first kappa shape index (κ1) is 20.0. The predicted molar refractivity (Wildman–Crippen MR) is 116 cm³/mol. The number of hydrogen-bond acceptors (Lipinski definition) is 7. The monoisotopic (exact) mass is 403 g/mol.